The number of nitrogens with two attached hydrogens (primary N) is 1. The number of carbonyl (C=O) groups is 2. The number of aromatic nitrogens is 1. The lowest BCUT2D eigenvalue weighted by Crippen LogP contribution is -2.46. The molecule has 1 aromatic heterocycles. The lowest BCUT2D eigenvalue weighted by molar-refractivity contribution is -0.124. The number of nitrogens with zero attached hydrogens (tertiary/aromatic N) is 4. The molecule has 1 aromatic carbocycles. The third-order valence-electron chi connectivity index (χ3n) is 5.70. The zero-order valence-electron chi connectivity index (χ0n) is 20.8. The molecule has 188 valence electrons. The highest BCUT2D eigenvalue weighted by Gasteiger charge is 2.40. The van der Waals surface area contributed by atoms with Crippen LogP contribution in [-0.4, -0.2) is 66.1 Å². The highest BCUT2D eigenvalue weighted by Crippen LogP contribution is 2.32. The Kier molecular flexibility index (Phi) is 10.3. The summed E-state index contributed by atoms with van der Waals surface area (Å²) in [6.45, 7) is 7.68. The number of hydrogen-bond acceptors (Lipinski definition) is 8. The van der Waals surface area contributed by atoms with Crippen molar-refractivity contribution < 1.29 is 19.4 Å². The minimum absolute atomic E-state index is 0.0616. The number of nitriles is 1. The normalized spacial score (nSPS) is 18.1. The van der Waals surface area contributed by atoms with Crippen LogP contribution in [0, 0.1) is 11.5 Å². The second-order valence-electron chi connectivity index (χ2n) is 9.31. The summed E-state index contributed by atoms with van der Waals surface area (Å²) < 4.78 is 4.57. The van der Waals surface area contributed by atoms with E-state index in [2.05, 4.69) is 30.5 Å². The highest BCUT2D eigenvalue weighted by atomic mass is 16.5. The molecule has 2 aromatic rings. The van der Waals surface area contributed by atoms with Crippen LogP contribution < -0.4 is 10.6 Å². The molecule has 3 atom stereocenters. The Balaban J connectivity index is 0.000000784. The molecule has 0 radical (unpaired) electrons. The van der Waals surface area contributed by atoms with Crippen molar-refractivity contribution in [3.63, 3.8) is 0 Å². The maximum Gasteiger partial charge on any atom is 0.251 e. The average molecular weight is 482 g/mol. The van der Waals surface area contributed by atoms with Gasteiger partial charge in [0.15, 0.2) is 6.19 Å². The largest absolute Gasteiger partial charge is 0.391 e. The number of aliphatic hydroxyl groups excluding tert-OH is 1. The van der Waals surface area contributed by atoms with Gasteiger partial charge < -0.3 is 20.4 Å². The zero-order chi connectivity index (χ0) is 26.0. The quantitative estimate of drug-likeness (QED) is 0.454. The number of aliphatic hydroxyl groups is 1. The van der Waals surface area contributed by atoms with Crippen LogP contribution in [0.5, 0.6) is 0 Å². The van der Waals surface area contributed by atoms with Crippen molar-refractivity contribution in [2.75, 3.05) is 31.7 Å². The molecule has 0 aliphatic carbocycles. The second-order valence-corrected chi connectivity index (χ2v) is 9.31. The number of pyridine rings is 1. The molecular weight excluding hydrogens is 446 g/mol. The van der Waals surface area contributed by atoms with E-state index in [9.17, 15) is 20.0 Å². The van der Waals surface area contributed by atoms with Crippen LogP contribution in [0.1, 0.15) is 44.4 Å². The smallest absolute Gasteiger partial charge is 0.251 e. The number of anilines is 1. The zero-order valence-corrected chi connectivity index (χ0v) is 20.8. The van der Waals surface area contributed by atoms with E-state index in [0.717, 1.165) is 5.56 Å². The van der Waals surface area contributed by atoms with E-state index in [1.54, 1.807) is 31.6 Å². The summed E-state index contributed by atoms with van der Waals surface area (Å²) in [5, 5.41) is 19.4. The number of aldehydes is 1. The van der Waals surface area contributed by atoms with Gasteiger partial charge in [-0.1, -0.05) is 39.0 Å². The van der Waals surface area contributed by atoms with Gasteiger partial charge in [0.1, 0.15) is 18.4 Å². The summed E-state index contributed by atoms with van der Waals surface area (Å²) in [5.41, 5.74) is 7.17. The van der Waals surface area contributed by atoms with Gasteiger partial charge in [-0.15, -0.1) is 0 Å². The van der Waals surface area contributed by atoms with E-state index in [4.69, 9.17) is 5.73 Å². The van der Waals surface area contributed by atoms with Crippen molar-refractivity contribution in [2.45, 2.75) is 50.8 Å². The third-order valence-corrected chi connectivity index (χ3v) is 5.70. The molecule has 3 N–H and O–H groups in total. The monoisotopic (exact) mass is 481 g/mol. The van der Waals surface area contributed by atoms with Crippen LogP contribution >= 0.6 is 0 Å². The van der Waals surface area contributed by atoms with Crippen molar-refractivity contribution in [3.8, 4) is 6.19 Å². The summed E-state index contributed by atoms with van der Waals surface area (Å²) in [6.07, 6.45) is 5.21. The minimum Gasteiger partial charge on any atom is -0.391 e. The van der Waals surface area contributed by atoms with Crippen LogP contribution in [0.2, 0.25) is 0 Å². The lowest BCUT2D eigenvalue weighted by atomic mass is 9.87. The molecular formula is C26H35N5O4. The van der Waals surface area contributed by atoms with E-state index in [-0.39, 0.29) is 18.4 Å². The molecule has 2 heterocycles. The van der Waals surface area contributed by atoms with Crippen molar-refractivity contribution in [2.24, 2.45) is 5.73 Å². The molecule has 9 nitrogen and oxygen atoms in total. The fourth-order valence-electron chi connectivity index (χ4n) is 3.82. The second kappa shape index (κ2) is 13.0. The van der Waals surface area contributed by atoms with Gasteiger partial charge in [-0.3, -0.25) is 19.6 Å². The predicted octanol–water partition coefficient (Wildman–Crippen LogP) is 2.16. The number of benzene rings is 1. The van der Waals surface area contributed by atoms with Gasteiger partial charge in [0, 0.05) is 43.7 Å². The van der Waals surface area contributed by atoms with Crippen LogP contribution in [0.4, 0.5) is 5.69 Å². The summed E-state index contributed by atoms with van der Waals surface area (Å²) in [5.74, 6) is -0.405. The Bertz CT molecular complexity index is 984. The molecule has 1 aliphatic heterocycles. The molecule has 1 aliphatic rings. The average Bonchev–Trinajstić information content (AvgIpc) is 3.24. The maximum atomic E-state index is 13.6. The van der Waals surface area contributed by atoms with Gasteiger partial charge >= 0.3 is 0 Å². The van der Waals surface area contributed by atoms with E-state index in [1.807, 2.05) is 30.5 Å². The number of ether oxygens (including phenoxy) is 1. The Morgan fingerprint density at radius 3 is 2.51 bits per heavy atom. The van der Waals surface area contributed by atoms with Gasteiger partial charge in [0.25, 0.3) is 5.91 Å². The number of amides is 1. The number of β-amino-alcohol motifs (C(OH)–C–C–N with tert-alkyl or cyclic N) is 1. The van der Waals surface area contributed by atoms with Gasteiger partial charge in [-0.25, -0.2) is 0 Å². The minimum atomic E-state index is -0.898. The van der Waals surface area contributed by atoms with Gasteiger partial charge in [-0.2, -0.15) is 5.26 Å². The Labute approximate surface area is 207 Å². The molecule has 3 rings (SSSR count). The Morgan fingerprint density at radius 2 is 2.06 bits per heavy atom. The predicted molar refractivity (Wildman–Crippen MR) is 133 cm³/mol. The van der Waals surface area contributed by atoms with Gasteiger partial charge in [-0.05, 0) is 29.2 Å². The van der Waals surface area contributed by atoms with E-state index >= 15 is 0 Å². The van der Waals surface area contributed by atoms with Crippen LogP contribution in [0.3, 0.4) is 0 Å². The third kappa shape index (κ3) is 7.33. The fourth-order valence-corrected chi connectivity index (χ4v) is 3.82. The van der Waals surface area contributed by atoms with Crippen molar-refractivity contribution in [3.05, 3.63) is 59.9 Å². The Morgan fingerprint density at radius 1 is 1.37 bits per heavy atom. The lowest BCUT2D eigenvalue weighted by Gasteiger charge is -2.32. The van der Waals surface area contributed by atoms with Crippen molar-refractivity contribution in [1.82, 2.24) is 9.88 Å². The fraction of sp³-hybridized carbons (Fsp3) is 0.462. The summed E-state index contributed by atoms with van der Waals surface area (Å²) in [4.78, 5) is 32.4. The Hall–Kier alpha value is -3.32. The molecule has 1 fully saturated rings. The first-order valence-corrected chi connectivity index (χ1v) is 11.5. The van der Waals surface area contributed by atoms with Crippen LogP contribution in [0.25, 0.3) is 0 Å². The first kappa shape index (κ1) is 27.9. The van der Waals surface area contributed by atoms with Crippen LogP contribution in [-0.2, 0) is 19.7 Å². The topological polar surface area (TPSA) is 133 Å². The number of likely N-dealkylation sites (tertiary alicyclic amines) is 1. The molecule has 1 amide bonds. The maximum absolute atomic E-state index is 13.6. The number of methoxy groups -OCH3 is 1. The SMILES string of the molecule is CC(C)(C)c1ccc(N(C(=O)C2CC(O)CN2C#N)C(C=O)c2cccnc2)cc1.COCCN. The van der Waals surface area contributed by atoms with E-state index in [0.29, 0.717) is 30.7 Å². The summed E-state index contributed by atoms with van der Waals surface area (Å²) in [6, 6.07) is 9.22. The standard InChI is InChI=1S/C23H26N4O3.C3H9NO/c1-23(2,3)17-6-8-18(9-7-17)27(21(14-28)16-5-4-10-25-12-16)22(30)20-11-19(29)13-26(20)15-24;1-5-3-2-4/h4-10,12,14,19-21,29H,11,13H2,1-3H3;2-4H2,1H3. The van der Waals surface area contributed by atoms with E-state index in [1.165, 1.54) is 9.80 Å². The van der Waals surface area contributed by atoms with Gasteiger partial charge in [0.05, 0.1) is 19.3 Å². The molecule has 35 heavy (non-hydrogen) atoms. The molecule has 9 heteroatoms. The van der Waals surface area contributed by atoms with Gasteiger partial charge in [0.2, 0.25) is 0 Å². The molecule has 3 unspecified atom stereocenters. The summed E-state index contributed by atoms with van der Waals surface area (Å²) in [7, 11) is 1.63. The molecule has 0 spiro atoms. The first-order valence-electron chi connectivity index (χ1n) is 11.5. The molecule has 0 saturated carbocycles. The number of rotatable bonds is 7. The molecule has 0 bridgehead atoms. The number of carbonyl (C=O) groups excluding carboxylic acids is 2. The highest BCUT2D eigenvalue weighted by molar-refractivity contribution is 6.01. The van der Waals surface area contributed by atoms with Crippen molar-refractivity contribution >= 4 is 17.9 Å². The van der Waals surface area contributed by atoms with E-state index < -0.39 is 24.1 Å². The van der Waals surface area contributed by atoms with Crippen LogP contribution in [0.15, 0.2) is 48.8 Å². The summed E-state index contributed by atoms with van der Waals surface area (Å²) >= 11 is 0. The number of hydrogen-bond donors (Lipinski definition) is 2. The first-order chi connectivity index (χ1) is 16.7. The van der Waals surface area contributed by atoms with Crippen molar-refractivity contribution in [1.29, 1.82) is 5.26 Å². The molecule has 1 saturated heterocycles.